The molecule has 0 aromatic heterocycles. The lowest BCUT2D eigenvalue weighted by Gasteiger charge is -2.13. The Labute approximate surface area is 124 Å². The van der Waals surface area contributed by atoms with E-state index in [9.17, 15) is 0 Å². The Morgan fingerprint density at radius 3 is 2.86 bits per heavy atom. The van der Waals surface area contributed by atoms with Crippen LogP contribution in [0.5, 0.6) is 5.75 Å². The van der Waals surface area contributed by atoms with Crippen LogP contribution in [0.4, 0.5) is 5.69 Å². The van der Waals surface area contributed by atoms with Gasteiger partial charge in [-0.2, -0.15) is 0 Å². The van der Waals surface area contributed by atoms with Crippen LogP contribution >= 0.6 is 0 Å². The molecule has 0 radical (unpaired) electrons. The summed E-state index contributed by atoms with van der Waals surface area (Å²) in [5.74, 6) is 1.84. The van der Waals surface area contributed by atoms with E-state index in [1.165, 1.54) is 0 Å². The number of nitrogens with two attached hydrogens (primary N) is 1. The predicted molar refractivity (Wildman–Crippen MR) is 87.2 cm³/mol. The molecule has 1 aromatic rings. The average molecular weight is 284 g/mol. The molecule has 2 rings (SSSR count). The molecule has 21 heavy (non-hydrogen) atoms. The zero-order chi connectivity index (χ0) is 15.1. The minimum Gasteiger partial charge on any atom is -0.497 e. The van der Waals surface area contributed by atoms with Crippen molar-refractivity contribution in [3.63, 3.8) is 0 Å². The molecule has 5 heteroatoms. The minimum absolute atomic E-state index is 0.480. The lowest BCUT2D eigenvalue weighted by molar-refractivity contribution is 0.415. The van der Waals surface area contributed by atoms with Crippen molar-refractivity contribution in [2.45, 2.75) is 6.42 Å². The molecule has 0 saturated heterocycles. The van der Waals surface area contributed by atoms with Crippen LogP contribution < -0.4 is 21.1 Å². The summed E-state index contributed by atoms with van der Waals surface area (Å²) in [6.45, 7) is 0. The number of hydrogen-bond donors (Lipinski definition) is 3. The summed E-state index contributed by atoms with van der Waals surface area (Å²) in [6, 6.07) is 7.61. The van der Waals surface area contributed by atoms with E-state index in [1.54, 1.807) is 14.2 Å². The third-order valence-corrected chi connectivity index (χ3v) is 2.98. The van der Waals surface area contributed by atoms with E-state index in [-0.39, 0.29) is 0 Å². The van der Waals surface area contributed by atoms with Crippen molar-refractivity contribution in [2.75, 3.05) is 19.5 Å². The molecule has 0 spiro atoms. The Bertz CT molecular complexity index is 614. The quantitative estimate of drug-likeness (QED) is 0.776. The van der Waals surface area contributed by atoms with Crippen molar-refractivity contribution in [3.05, 3.63) is 60.2 Å². The molecule has 1 aromatic carbocycles. The molecule has 0 fully saturated rings. The molecule has 1 aliphatic rings. The number of hydrogen-bond acceptors (Lipinski definition) is 5. The molecule has 0 heterocycles. The van der Waals surface area contributed by atoms with Crippen molar-refractivity contribution < 1.29 is 4.74 Å². The van der Waals surface area contributed by atoms with E-state index in [2.05, 4.69) is 21.7 Å². The maximum atomic E-state index is 5.98. The summed E-state index contributed by atoms with van der Waals surface area (Å²) in [5, 5.41) is 6.14. The largest absolute Gasteiger partial charge is 0.497 e. The molecule has 5 nitrogen and oxygen atoms in total. The van der Waals surface area contributed by atoms with Crippen molar-refractivity contribution in [1.29, 1.82) is 0 Å². The van der Waals surface area contributed by atoms with Crippen LogP contribution in [0.2, 0.25) is 0 Å². The first kappa shape index (κ1) is 14.7. The van der Waals surface area contributed by atoms with Crippen LogP contribution in [0.1, 0.15) is 6.42 Å². The van der Waals surface area contributed by atoms with Gasteiger partial charge in [0.15, 0.2) is 5.82 Å². The number of aliphatic imine (C=N–C) groups is 1. The highest BCUT2D eigenvalue weighted by atomic mass is 16.5. The number of ether oxygens (including phenoxy) is 1. The highest BCUT2D eigenvalue weighted by Crippen LogP contribution is 2.19. The van der Waals surface area contributed by atoms with Gasteiger partial charge in [-0.3, -0.25) is 0 Å². The third kappa shape index (κ3) is 4.14. The first-order valence-electron chi connectivity index (χ1n) is 6.72. The van der Waals surface area contributed by atoms with Gasteiger partial charge in [0.25, 0.3) is 0 Å². The molecule has 0 bridgehead atoms. The molecular formula is C16H20N4O. The van der Waals surface area contributed by atoms with Crippen molar-refractivity contribution in [3.8, 4) is 5.75 Å². The van der Waals surface area contributed by atoms with Crippen LogP contribution in [-0.4, -0.2) is 19.9 Å². The number of anilines is 1. The molecule has 4 N–H and O–H groups in total. The average Bonchev–Trinajstić information content (AvgIpc) is 2.54. The van der Waals surface area contributed by atoms with Gasteiger partial charge in [0.2, 0.25) is 0 Å². The molecule has 0 unspecified atom stereocenters. The van der Waals surface area contributed by atoms with Gasteiger partial charge in [-0.15, -0.1) is 0 Å². The lowest BCUT2D eigenvalue weighted by Crippen LogP contribution is -2.21. The molecule has 1 aliphatic carbocycles. The summed E-state index contributed by atoms with van der Waals surface area (Å²) in [6.07, 6.45) is 8.77. The highest BCUT2D eigenvalue weighted by molar-refractivity contribution is 5.98. The predicted octanol–water partition coefficient (Wildman–Crippen LogP) is 2.37. The van der Waals surface area contributed by atoms with Crippen LogP contribution in [0.15, 0.2) is 65.2 Å². The highest BCUT2D eigenvalue weighted by Gasteiger charge is 2.05. The fourth-order valence-corrected chi connectivity index (χ4v) is 1.84. The van der Waals surface area contributed by atoms with E-state index in [1.807, 2.05) is 42.5 Å². The Kier molecular flexibility index (Phi) is 5.04. The van der Waals surface area contributed by atoms with Crippen LogP contribution in [0, 0.1) is 0 Å². The Balaban J connectivity index is 2.25. The number of nitrogens with one attached hydrogen (secondary N) is 2. The molecule has 0 aliphatic heterocycles. The van der Waals surface area contributed by atoms with Crippen LogP contribution in [-0.2, 0) is 0 Å². The van der Waals surface area contributed by atoms with Gasteiger partial charge in [-0.1, -0.05) is 24.3 Å². The van der Waals surface area contributed by atoms with Crippen molar-refractivity contribution in [1.82, 2.24) is 5.32 Å². The second-order valence-electron chi connectivity index (χ2n) is 4.46. The van der Waals surface area contributed by atoms with Gasteiger partial charge in [0, 0.05) is 30.9 Å². The van der Waals surface area contributed by atoms with E-state index < -0.39 is 0 Å². The van der Waals surface area contributed by atoms with Gasteiger partial charge in [0.1, 0.15) is 11.6 Å². The summed E-state index contributed by atoms with van der Waals surface area (Å²) in [7, 11) is 3.40. The molecule has 0 saturated carbocycles. The number of allylic oxidation sites excluding steroid dienone is 4. The standard InChI is InChI=1S/C16H20N4O/c1-18-15(17)16(19-12-7-4-3-5-8-12)20-13-9-6-10-14(11-13)21-2/h3-7,9-11,18,20H,8,17H2,1-2H3/b16-15+,19-12-. The molecule has 0 amide bonds. The monoisotopic (exact) mass is 284 g/mol. The zero-order valence-electron chi connectivity index (χ0n) is 12.3. The second kappa shape index (κ2) is 7.19. The summed E-state index contributed by atoms with van der Waals surface area (Å²) < 4.78 is 5.21. The Morgan fingerprint density at radius 1 is 1.33 bits per heavy atom. The van der Waals surface area contributed by atoms with Gasteiger partial charge < -0.3 is 21.1 Å². The molecular weight excluding hydrogens is 264 g/mol. The maximum Gasteiger partial charge on any atom is 0.171 e. The van der Waals surface area contributed by atoms with E-state index in [0.29, 0.717) is 11.6 Å². The van der Waals surface area contributed by atoms with E-state index >= 15 is 0 Å². The zero-order valence-corrected chi connectivity index (χ0v) is 12.3. The number of rotatable bonds is 5. The topological polar surface area (TPSA) is 71.7 Å². The summed E-state index contributed by atoms with van der Waals surface area (Å²) in [5.41, 5.74) is 7.79. The van der Waals surface area contributed by atoms with Gasteiger partial charge in [0.05, 0.1) is 7.11 Å². The Hall–Kier alpha value is -2.69. The third-order valence-electron chi connectivity index (χ3n) is 2.98. The van der Waals surface area contributed by atoms with Crippen molar-refractivity contribution in [2.24, 2.45) is 10.7 Å². The second-order valence-corrected chi connectivity index (χ2v) is 4.46. The maximum absolute atomic E-state index is 5.98. The Morgan fingerprint density at radius 2 is 2.19 bits per heavy atom. The van der Waals surface area contributed by atoms with E-state index in [0.717, 1.165) is 23.6 Å². The van der Waals surface area contributed by atoms with E-state index in [4.69, 9.17) is 10.5 Å². The number of benzene rings is 1. The molecule has 0 atom stereocenters. The first-order chi connectivity index (χ1) is 10.2. The summed E-state index contributed by atoms with van der Waals surface area (Å²) >= 11 is 0. The first-order valence-corrected chi connectivity index (χ1v) is 6.72. The summed E-state index contributed by atoms with van der Waals surface area (Å²) in [4.78, 5) is 4.58. The smallest absolute Gasteiger partial charge is 0.171 e. The van der Waals surface area contributed by atoms with Crippen LogP contribution in [0.25, 0.3) is 0 Å². The molecule has 110 valence electrons. The SMILES string of the molecule is CN/C(N)=C(\N=C1\C=CC=CC1)Nc1cccc(OC)c1. The fourth-order valence-electron chi connectivity index (χ4n) is 1.84. The lowest BCUT2D eigenvalue weighted by atomic mass is 10.1. The minimum atomic E-state index is 0.480. The van der Waals surface area contributed by atoms with Gasteiger partial charge in [-0.25, -0.2) is 4.99 Å². The fraction of sp³-hybridized carbons (Fsp3) is 0.188. The van der Waals surface area contributed by atoms with Crippen LogP contribution in [0.3, 0.4) is 0 Å². The number of nitrogens with zero attached hydrogens (tertiary/aromatic N) is 1. The normalized spacial score (nSPS) is 16.6. The number of methoxy groups -OCH3 is 1. The van der Waals surface area contributed by atoms with Gasteiger partial charge >= 0.3 is 0 Å². The van der Waals surface area contributed by atoms with Crippen molar-refractivity contribution >= 4 is 11.4 Å². The van der Waals surface area contributed by atoms with Gasteiger partial charge in [-0.05, 0) is 18.2 Å².